The van der Waals surface area contributed by atoms with E-state index in [1.807, 2.05) is 0 Å². The number of aliphatic carboxylic acids is 1. The van der Waals surface area contributed by atoms with E-state index in [4.69, 9.17) is 0 Å². The molecule has 4 rings (SSSR count). The lowest BCUT2D eigenvalue weighted by Gasteiger charge is -2.18. The lowest BCUT2D eigenvalue weighted by molar-refractivity contribution is -0.138. The van der Waals surface area contributed by atoms with E-state index in [-0.39, 0.29) is 40.5 Å². The third-order valence-electron chi connectivity index (χ3n) is 5.54. The van der Waals surface area contributed by atoms with Gasteiger partial charge in [0.15, 0.2) is 0 Å². The van der Waals surface area contributed by atoms with Gasteiger partial charge in [0.05, 0.1) is 41.6 Å². The summed E-state index contributed by atoms with van der Waals surface area (Å²) in [5.41, 5.74) is -0.758. The Balaban J connectivity index is 1.76. The molecule has 3 heterocycles. The minimum Gasteiger partial charge on any atom is -0.481 e. The number of carbonyl (C=O) groups is 1. The molecular weight excluding hydrogens is 467 g/mol. The van der Waals surface area contributed by atoms with E-state index in [0.29, 0.717) is 0 Å². The predicted molar refractivity (Wildman–Crippen MR) is 107 cm³/mol. The highest BCUT2D eigenvalue weighted by Gasteiger charge is 2.40. The van der Waals surface area contributed by atoms with Gasteiger partial charge in [0.2, 0.25) is 10.0 Å². The van der Waals surface area contributed by atoms with Crippen LogP contribution in [0.1, 0.15) is 24.2 Å². The first kappa shape index (κ1) is 22.9. The number of carboxylic acid groups (broad SMARTS) is 1. The molecule has 0 aliphatic carbocycles. The summed E-state index contributed by atoms with van der Waals surface area (Å²) < 4.78 is 68.3. The molecule has 0 spiro atoms. The molecule has 0 saturated carbocycles. The number of carboxylic acids is 1. The van der Waals surface area contributed by atoms with E-state index in [1.165, 1.54) is 10.7 Å². The Labute approximate surface area is 185 Å². The molecule has 0 bridgehead atoms. The highest BCUT2D eigenvalue weighted by atomic mass is 32.2. The second-order valence-electron chi connectivity index (χ2n) is 7.78. The quantitative estimate of drug-likeness (QED) is 0.560. The lowest BCUT2D eigenvalue weighted by Crippen LogP contribution is -2.29. The first-order valence-corrected chi connectivity index (χ1v) is 11.1. The molecule has 2 atom stereocenters. The summed E-state index contributed by atoms with van der Waals surface area (Å²) in [6, 6.07) is 1.70. The van der Waals surface area contributed by atoms with E-state index in [9.17, 15) is 36.6 Å². The van der Waals surface area contributed by atoms with Crippen molar-refractivity contribution in [3.8, 4) is 6.01 Å². The number of rotatable bonds is 5. The Morgan fingerprint density at radius 3 is 2.48 bits per heavy atom. The van der Waals surface area contributed by atoms with Crippen LogP contribution < -0.4 is 0 Å². The van der Waals surface area contributed by atoms with Crippen molar-refractivity contribution in [3.05, 3.63) is 41.9 Å². The molecule has 1 aliphatic heterocycles. The van der Waals surface area contributed by atoms with Crippen molar-refractivity contribution in [2.24, 2.45) is 5.92 Å². The van der Waals surface area contributed by atoms with Crippen LogP contribution in [0.15, 0.2) is 35.5 Å². The van der Waals surface area contributed by atoms with Crippen molar-refractivity contribution >= 4 is 26.9 Å². The number of hydrogen-bond donors (Lipinski definition) is 2. The summed E-state index contributed by atoms with van der Waals surface area (Å²) in [5.74, 6) is -1.55. The van der Waals surface area contributed by atoms with Crippen LogP contribution in [-0.4, -0.2) is 61.7 Å². The van der Waals surface area contributed by atoms with Gasteiger partial charge in [-0.25, -0.2) is 18.4 Å². The maximum absolute atomic E-state index is 13.3. The second-order valence-corrected chi connectivity index (χ2v) is 9.71. The average molecular weight is 485 g/mol. The van der Waals surface area contributed by atoms with Crippen LogP contribution in [-0.2, 0) is 27.4 Å². The molecule has 0 unspecified atom stereocenters. The van der Waals surface area contributed by atoms with Crippen LogP contribution in [0.4, 0.5) is 13.2 Å². The molecule has 3 aromatic rings. The predicted octanol–water partition coefficient (Wildman–Crippen LogP) is 2.06. The Hall–Kier alpha value is -3.26. The van der Waals surface area contributed by atoms with E-state index in [2.05, 4.69) is 15.1 Å². The Morgan fingerprint density at radius 2 is 1.88 bits per heavy atom. The molecule has 14 heteroatoms. The van der Waals surface area contributed by atoms with Gasteiger partial charge in [0.25, 0.3) is 0 Å². The van der Waals surface area contributed by atoms with Crippen molar-refractivity contribution in [2.75, 3.05) is 13.1 Å². The zero-order valence-electron chi connectivity index (χ0n) is 17.1. The summed E-state index contributed by atoms with van der Waals surface area (Å²) in [6.07, 6.45) is -3.20. The van der Waals surface area contributed by atoms with Crippen LogP contribution in [0.5, 0.6) is 6.01 Å². The molecule has 0 radical (unpaired) electrons. The maximum atomic E-state index is 13.3. The highest BCUT2D eigenvalue weighted by molar-refractivity contribution is 7.89. The molecule has 33 heavy (non-hydrogen) atoms. The Bertz CT molecular complexity index is 1320. The second kappa shape index (κ2) is 7.95. The van der Waals surface area contributed by atoms with Crippen LogP contribution in [0.2, 0.25) is 0 Å². The van der Waals surface area contributed by atoms with Crippen LogP contribution in [0.3, 0.4) is 0 Å². The number of alkyl halides is 3. The molecule has 1 fully saturated rings. The number of halogens is 3. The summed E-state index contributed by atoms with van der Waals surface area (Å²) >= 11 is 0. The van der Waals surface area contributed by atoms with E-state index in [1.54, 1.807) is 6.92 Å². The summed E-state index contributed by atoms with van der Waals surface area (Å²) in [7, 11) is -4.04. The lowest BCUT2D eigenvalue weighted by atomic mass is 10.1. The van der Waals surface area contributed by atoms with Gasteiger partial charge in [-0.2, -0.15) is 22.6 Å². The SMILES string of the molecule is C[C@@H]1CN(S(=O)(=O)c2cnc(O)nc2)C[C@@H]1n1nc(CC(=O)O)c2ccc(C(F)(F)F)cc21. The molecular formula is C19H18F3N5O5S. The van der Waals surface area contributed by atoms with Gasteiger partial charge in [0, 0.05) is 18.5 Å². The van der Waals surface area contributed by atoms with E-state index in [0.717, 1.165) is 28.8 Å². The summed E-state index contributed by atoms with van der Waals surface area (Å²) in [4.78, 5) is 18.0. The molecule has 1 saturated heterocycles. The van der Waals surface area contributed by atoms with Crippen molar-refractivity contribution in [2.45, 2.75) is 30.5 Å². The van der Waals surface area contributed by atoms with Gasteiger partial charge in [-0.15, -0.1) is 0 Å². The van der Waals surface area contributed by atoms with E-state index < -0.39 is 46.2 Å². The molecule has 1 aliphatic rings. The summed E-state index contributed by atoms with van der Waals surface area (Å²) in [6.45, 7) is 1.66. The molecule has 2 aromatic heterocycles. The third-order valence-corrected chi connectivity index (χ3v) is 7.32. The van der Waals surface area contributed by atoms with Crippen molar-refractivity contribution in [1.82, 2.24) is 24.1 Å². The van der Waals surface area contributed by atoms with Gasteiger partial charge in [0.1, 0.15) is 4.90 Å². The molecule has 1 aromatic carbocycles. The first-order chi connectivity index (χ1) is 15.4. The van der Waals surface area contributed by atoms with Gasteiger partial charge >= 0.3 is 18.2 Å². The van der Waals surface area contributed by atoms with Crippen molar-refractivity contribution in [1.29, 1.82) is 0 Å². The number of benzene rings is 1. The summed E-state index contributed by atoms with van der Waals surface area (Å²) in [5, 5.41) is 22.9. The largest absolute Gasteiger partial charge is 0.481 e. The number of aromatic hydroxyl groups is 1. The third kappa shape index (κ3) is 4.23. The van der Waals surface area contributed by atoms with Crippen molar-refractivity contribution < 1.29 is 36.6 Å². The Morgan fingerprint density at radius 1 is 1.21 bits per heavy atom. The van der Waals surface area contributed by atoms with Crippen LogP contribution in [0.25, 0.3) is 10.9 Å². The average Bonchev–Trinajstić information content (AvgIpc) is 3.28. The molecule has 176 valence electrons. The zero-order valence-corrected chi connectivity index (χ0v) is 17.9. The standard InChI is InChI=1S/C19H18F3N5O5S/c1-10-8-26(33(31,32)12-6-23-18(30)24-7-12)9-16(10)27-15-4-11(19(20,21)22)2-3-13(15)14(25-27)5-17(28)29/h2-4,6-7,10,16H,5,8-9H2,1H3,(H,28,29)(H,23,24,30)/t10-,16+/m1/s1. The first-order valence-electron chi connectivity index (χ1n) is 9.69. The monoisotopic (exact) mass is 485 g/mol. The van der Waals surface area contributed by atoms with Gasteiger partial charge in [-0.1, -0.05) is 13.0 Å². The minimum atomic E-state index is -4.62. The minimum absolute atomic E-state index is 0.0441. The number of fused-ring (bicyclic) bond motifs is 1. The maximum Gasteiger partial charge on any atom is 0.416 e. The zero-order chi connectivity index (χ0) is 24.1. The van der Waals surface area contributed by atoms with Gasteiger partial charge < -0.3 is 10.2 Å². The fourth-order valence-electron chi connectivity index (χ4n) is 3.92. The molecule has 10 nitrogen and oxygen atoms in total. The fourth-order valence-corrected chi connectivity index (χ4v) is 5.37. The molecule has 2 N–H and O–H groups in total. The van der Waals surface area contributed by atoms with Crippen LogP contribution >= 0.6 is 0 Å². The number of nitrogens with zero attached hydrogens (tertiary/aromatic N) is 5. The van der Waals surface area contributed by atoms with Gasteiger partial charge in [-0.05, 0) is 18.1 Å². The number of hydrogen-bond acceptors (Lipinski definition) is 7. The molecule has 0 amide bonds. The smallest absolute Gasteiger partial charge is 0.416 e. The van der Waals surface area contributed by atoms with Gasteiger partial charge in [-0.3, -0.25) is 9.48 Å². The Kier molecular flexibility index (Phi) is 5.52. The fraction of sp³-hybridized carbons (Fsp3) is 0.368. The normalized spacial score (nSPS) is 19.9. The number of aromatic nitrogens is 4. The van der Waals surface area contributed by atoms with Crippen LogP contribution in [0, 0.1) is 5.92 Å². The van der Waals surface area contributed by atoms with Crippen molar-refractivity contribution in [3.63, 3.8) is 0 Å². The number of sulfonamides is 1. The highest BCUT2D eigenvalue weighted by Crippen LogP contribution is 2.37. The van der Waals surface area contributed by atoms with E-state index >= 15 is 0 Å². The topological polar surface area (TPSA) is 139 Å².